The lowest BCUT2D eigenvalue weighted by Crippen LogP contribution is -2.42. The van der Waals surface area contributed by atoms with Crippen LogP contribution in [0.3, 0.4) is 0 Å². The second-order valence-corrected chi connectivity index (χ2v) is 9.62. The van der Waals surface area contributed by atoms with Gasteiger partial charge in [-0.2, -0.15) is 0 Å². The molecule has 0 radical (unpaired) electrons. The smallest absolute Gasteiger partial charge is 0.330 e. The quantitative estimate of drug-likeness (QED) is 0.645. The van der Waals surface area contributed by atoms with Crippen molar-refractivity contribution in [2.24, 2.45) is 5.92 Å². The highest BCUT2D eigenvalue weighted by Crippen LogP contribution is 2.22. The highest BCUT2D eigenvalue weighted by molar-refractivity contribution is 7.90. The first-order valence-electron chi connectivity index (χ1n) is 9.72. The van der Waals surface area contributed by atoms with E-state index in [1.54, 1.807) is 0 Å². The van der Waals surface area contributed by atoms with E-state index in [1.807, 2.05) is 20.8 Å². The Balaban J connectivity index is 2.65. The lowest BCUT2D eigenvalue weighted by molar-refractivity contribution is 0.0986. The Hall–Kier alpha value is -2.88. The predicted octanol–water partition coefficient (Wildman–Crippen LogP) is 1.63. The van der Waals surface area contributed by atoms with Crippen LogP contribution in [0, 0.1) is 5.92 Å². The van der Waals surface area contributed by atoms with Gasteiger partial charge in [0.2, 0.25) is 0 Å². The van der Waals surface area contributed by atoms with Gasteiger partial charge in [-0.05, 0) is 30.5 Å². The second-order valence-electron chi connectivity index (χ2n) is 7.61. The van der Waals surface area contributed by atoms with Gasteiger partial charge in [-0.25, -0.2) is 13.2 Å². The number of aromatic nitrogens is 2. The number of nitrogens with one attached hydrogen (secondary N) is 1. The van der Waals surface area contributed by atoms with Crippen LogP contribution in [0.15, 0.2) is 38.8 Å². The van der Waals surface area contributed by atoms with Crippen LogP contribution in [0.1, 0.15) is 44.0 Å². The molecule has 0 aliphatic rings. The van der Waals surface area contributed by atoms with Crippen molar-refractivity contribution < 1.29 is 13.2 Å². The summed E-state index contributed by atoms with van der Waals surface area (Å²) in [5.41, 5.74) is 4.76. The van der Waals surface area contributed by atoms with Crippen LogP contribution in [0.25, 0.3) is 0 Å². The number of benzene rings is 1. The van der Waals surface area contributed by atoms with Crippen molar-refractivity contribution >= 4 is 27.2 Å². The minimum Gasteiger partial charge on any atom is -0.383 e. The van der Waals surface area contributed by atoms with Gasteiger partial charge in [0.15, 0.2) is 15.5 Å². The highest BCUT2D eigenvalue weighted by atomic mass is 32.2. The van der Waals surface area contributed by atoms with Crippen molar-refractivity contribution in [3.63, 3.8) is 0 Å². The number of nitrogen functional groups attached to an aromatic ring is 1. The Kier molecular flexibility index (Phi) is 7.25. The first-order chi connectivity index (χ1) is 14.0. The number of anilines is 2. The van der Waals surface area contributed by atoms with Crippen LogP contribution in [0.2, 0.25) is 0 Å². The van der Waals surface area contributed by atoms with E-state index in [0.717, 1.165) is 12.7 Å². The molecule has 2 rings (SSSR count). The number of unbranched alkanes of at least 4 members (excludes halogenated alkanes) is 1. The standard InChI is InChI=1S/C20H28N4O5S/c1-5-6-10-23(19(26)14-8-7-9-15(11-14)30(4,28)29)16-17(21)24(12-13(2)3)20(27)22-18(16)25/h7-9,11,13H,5-6,10,12,21H2,1-4H3,(H,22,25,27). The fourth-order valence-electron chi connectivity index (χ4n) is 3.03. The van der Waals surface area contributed by atoms with E-state index in [9.17, 15) is 22.8 Å². The van der Waals surface area contributed by atoms with Crippen molar-refractivity contribution in [3.8, 4) is 0 Å². The number of hydrogen-bond acceptors (Lipinski definition) is 6. The normalized spacial score (nSPS) is 11.6. The van der Waals surface area contributed by atoms with Gasteiger partial charge >= 0.3 is 5.69 Å². The topological polar surface area (TPSA) is 135 Å². The molecule has 9 nitrogen and oxygen atoms in total. The zero-order chi connectivity index (χ0) is 22.6. The Morgan fingerprint density at radius 3 is 2.50 bits per heavy atom. The average molecular weight is 437 g/mol. The first kappa shape index (κ1) is 23.4. The molecule has 0 atom stereocenters. The maximum absolute atomic E-state index is 13.3. The number of rotatable bonds is 8. The first-order valence-corrected chi connectivity index (χ1v) is 11.6. The largest absolute Gasteiger partial charge is 0.383 e. The summed E-state index contributed by atoms with van der Waals surface area (Å²) in [7, 11) is -3.52. The van der Waals surface area contributed by atoms with Crippen molar-refractivity contribution in [1.29, 1.82) is 0 Å². The molecule has 2 aromatic rings. The molecule has 0 saturated carbocycles. The van der Waals surface area contributed by atoms with Crippen molar-refractivity contribution in [1.82, 2.24) is 9.55 Å². The van der Waals surface area contributed by atoms with Gasteiger partial charge in [-0.3, -0.25) is 19.1 Å². The number of carbonyl (C=O) groups is 1. The van der Waals surface area contributed by atoms with Gasteiger partial charge < -0.3 is 10.6 Å². The molecule has 1 heterocycles. The molecule has 1 amide bonds. The van der Waals surface area contributed by atoms with Crippen LogP contribution in [0.5, 0.6) is 0 Å². The van der Waals surface area contributed by atoms with Crippen molar-refractivity contribution in [2.45, 2.75) is 45.1 Å². The van der Waals surface area contributed by atoms with E-state index >= 15 is 0 Å². The number of nitrogens with zero attached hydrogens (tertiary/aromatic N) is 2. The minimum atomic E-state index is -3.52. The van der Waals surface area contributed by atoms with Crippen LogP contribution in [0.4, 0.5) is 11.5 Å². The molecule has 3 N–H and O–H groups in total. The summed E-state index contributed by atoms with van der Waals surface area (Å²) in [6.45, 7) is 6.18. The molecule has 0 spiro atoms. The van der Waals surface area contributed by atoms with E-state index in [0.29, 0.717) is 6.42 Å². The molecule has 10 heteroatoms. The van der Waals surface area contributed by atoms with Gasteiger partial charge in [-0.1, -0.05) is 33.3 Å². The molecule has 0 unspecified atom stereocenters. The molecule has 0 fully saturated rings. The maximum Gasteiger partial charge on any atom is 0.330 e. The fraction of sp³-hybridized carbons (Fsp3) is 0.450. The molecular formula is C20H28N4O5S. The fourth-order valence-corrected chi connectivity index (χ4v) is 3.70. The lowest BCUT2D eigenvalue weighted by atomic mass is 10.1. The molecule has 164 valence electrons. The molecular weight excluding hydrogens is 408 g/mol. The van der Waals surface area contributed by atoms with E-state index in [4.69, 9.17) is 5.73 Å². The maximum atomic E-state index is 13.3. The van der Waals surface area contributed by atoms with Gasteiger partial charge in [0.1, 0.15) is 5.82 Å². The van der Waals surface area contributed by atoms with E-state index in [1.165, 1.54) is 33.7 Å². The van der Waals surface area contributed by atoms with E-state index < -0.39 is 27.0 Å². The number of sulfone groups is 1. The van der Waals surface area contributed by atoms with Gasteiger partial charge in [0.05, 0.1) is 4.90 Å². The summed E-state index contributed by atoms with van der Waals surface area (Å²) in [5, 5.41) is 0. The third-order valence-electron chi connectivity index (χ3n) is 4.52. The summed E-state index contributed by atoms with van der Waals surface area (Å²) in [6.07, 6.45) is 2.38. The number of H-pyrrole nitrogens is 1. The van der Waals surface area contributed by atoms with Crippen molar-refractivity contribution in [3.05, 3.63) is 50.7 Å². The number of aromatic amines is 1. The zero-order valence-electron chi connectivity index (χ0n) is 17.6. The summed E-state index contributed by atoms with van der Waals surface area (Å²) in [5.74, 6) is -0.586. The van der Waals surface area contributed by atoms with E-state index in [2.05, 4.69) is 4.98 Å². The monoisotopic (exact) mass is 436 g/mol. The lowest BCUT2D eigenvalue weighted by Gasteiger charge is -2.25. The highest BCUT2D eigenvalue weighted by Gasteiger charge is 2.25. The van der Waals surface area contributed by atoms with Crippen LogP contribution in [-0.2, 0) is 16.4 Å². The molecule has 30 heavy (non-hydrogen) atoms. The van der Waals surface area contributed by atoms with Crippen LogP contribution >= 0.6 is 0 Å². The Morgan fingerprint density at radius 2 is 1.93 bits per heavy atom. The van der Waals surface area contributed by atoms with Crippen LogP contribution in [-0.4, -0.2) is 36.7 Å². The third-order valence-corrected chi connectivity index (χ3v) is 5.63. The molecule has 0 aliphatic carbocycles. The molecule has 0 saturated heterocycles. The number of carbonyl (C=O) groups excluding carboxylic acids is 1. The van der Waals surface area contributed by atoms with Crippen molar-refractivity contribution in [2.75, 3.05) is 23.4 Å². The van der Waals surface area contributed by atoms with Gasteiger partial charge in [0, 0.05) is 24.9 Å². The minimum absolute atomic E-state index is 0.00421. The summed E-state index contributed by atoms with van der Waals surface area (Å²) in [4.78, 5) is 41.6. The molecule has 1 aromatic carbocycles. The summed E-state index contributed by atoms with van der Waals surface area (Å²) >= 11 is 0. The Bertz CT molecular complexity index is 1150. The Labute approximate surface area is 175 Å². The van der Waals surface area contributed by atoms with Gasteiger partial charge in [-0.15, -0.1) is 0 Å². The summed E-state index contributed by atoms with van der Waals surface area (Å²) < 4.78 is 25.0. The SMILES string of the molecule is CCCCN(C(=O)c1cccc(S(C)(=O)=O)c1)c1c(N)n(CC(C)C)c(=O)[nH]c1=O. The molecule has 0 bridgehead atoms. The molecule has 1 aromatic heterocycles. The number of amides is 1. The zero-order valence-corrected chi connectivity index (χ0v) is 18.5. The summed E-state index contributed by atoms with van der Waals surface area (Å²) in [6, 6.07) is 5.61. The Morgan fingerprint density at radius 1 is 1.27 bits per heavy atom. The van der Waals surface area contributed by atoms with Crippen LogP contribution < -0.4 is 21.9 Å². The molecule has 0 aliphatic heterocycles. The van der Waals surface area contributed by atoms with Gasteiger partial charge in [0.25, 0.3) is 11.5 Å². The number of nitrogens with two attached hydrogens (primary N) is 1. The van der Waals surface area contributed by atoms with E-state index in [-0.39, 0.29) is 41.0 Å². The third kappa shape index (κ3) is 5.18. The number of hydrogen-bond donors (Lipinski definition) is 2. The second kappa shape index (κ2) is 9.29. The average Bonchev–Trinajstić information content (AvgIpc) is 2.66. The predicted molar refractivity (Wildman–Crippen MR) is 117 cm³/mol.